The molecule has 0 bridgehead atoms. The quantitative estimate of drug-likeness (QED) is 0.837. The molecule has 1 aromatic heterocycles. The van der Waals surface area contributed by atoms with Gasteiger partial charge in [0.15, 0.2) is 17.6 Å². The van der Waals surface area contributed by atoms with Crippen LogP contribution in [0.2, 0.25) is 0 Å². The third-order valence-corrected chi connectivity index (χ3v) is 4.71. The maximum atomic E-state index is 12.7. The number of hydrogen-bond donors (Lipinski definition) is 0. The Balaban J connectivity index is 1.69. The lowest BCUT2D eigenvalue weighted by Crippen LogP contribution is -2.43. The van der Waals surface area contributed by atoms with Gasteiger partial charge in [0.1, 0.15) is 6.61 Å². The average Bonchev–Trinajstić information content (AvgIpc) is 3.00. The van der Waals surface area contributed by atoms with E-state index in [-0.39, 0.29) is 12.0 Å². The Morgan fingerprint density at radius 1 is 1.26 bits per heavy atom. The van der Waals surface area contributed by atoms with Crippen LogP contribution in [-0.2, 0) is 0 Å². The number of para-hydroxylation sites is 2. The summed E-state index contributed by atoms with van der Waals surface area (Å²) in [6.45, 7) is 5.82. The van der Waals surface area contributed by atoms with Crippen molar-refractivity contribution in [3.8, 4) is 11.5 Å². The van der Waals surface area contributed by atoms with Crippen molar-refractivity contribution in [3.63, 3.8) is 0 Å². The molecule has 1 aliphatic heterocycles. The van der Waals surface area contributed by atoms with Gasteiger partial charge in [-0.25, -0.2) is 0 Å². The maximum Gasteiger partial charge on any atom is 0.264 e. The van der Waals surface area contributed by atoms with E-state index in [1.807, 2.05) is 48.2 Å². The lowest BCUT2D eigenvalue weighted by molar-refractivity contribution is 0.0465. The zero-order valence-electron chi connectivity index (χ0n) is 13.5. The fourth-order valence-corrected chi connectivity index (χ4v) is 3.49. The van der Waals surface area contributed by atoms with Crippen LogP contribution < -0.4 is 9.47 Å². The summed E-state index contributed by atoms with van der Waals surface area (Å²) in [7, 11) is 0. The number of aryl methyl sites for hydroxylation is 1. The topological polar surface area (TPSA) is 38.8 Å². The van der Waals surface area contributed by atoms with Gasteiger partial charge in [-0.2, -0.15) is 0 Å². The molecule has 0 N–H and O–H groups in total. The van der Waals surface area contributed by atoms with Crippen LogP contribution in [0.1, 0.15) is 27.9 Å². The zero-order valence-corrected chi connectivity index (χ0v) is 14.3. The molecule has 0 radical (unpaired) electrons. The first-order valence-electron chi connectivity index (χ1n) is 7.91. The lowest BCUT2D eigenvalue weighted by atomic mass is 10.2. The maximum absolute atomic E-state index is 12.7. The summed E-state index contributed by atoms with van der Waals surface area (Å²) in [5, 5.41) is 0. The van der Waals surface area contributed by atoms with Gasteiger partial charge in [-0.15, -0.1) is 11.3 Å². The van der Waals surface area contributed by atoms with Gasteiger partial charge in [0.05, 0.1) is 11.4 Å². The number of nitrogens with zero attached hydrogens (tertiary/aromatic N) is 1. The number of carbonyl (C=O) groups excluding carboxylic acids is 1. The van der Waals surface area contributed by atoms with E-state index in [0.29, 0.717) is 13.2 Å². The molecule has 5 heteroatoms. The molecule has 122 valence electrons. The van der Waals surface area contributed by atoms with Crippen molar-refractivity contribution in [2.45, 2.75) is 26.4 Å². The summed E-state index contributed by atoms with van der Waals surface area (Å²) in [6, 6.07) is 11.5. The van der Waals surface area contributed by atoms with Gasteiger partial charge < -0.3 is 14.4 Å². The number of fused-ring (bicyclic) bond motifs is 1. The van der Waals surface area contributed by atoms with Crippen LogP contribution >= 0.6 is 11.3 Å². The molecule has 1 unspecified atom stereocenters. The Bertz CT molecular complexity index is 682. The summed E-state index contributed by atoms with van der Waals surface area (Å²) in [4.78, 5) is 16.5. The number of amides is 1. The van der Waals surface area contributed by atoms with Gasteiger partial charge in [0.2, 0.25) is 0 Å². The SMILES string of the molecule is CCCN(CC1COc2ccccc2O1)C(=O)c1ccc(C)s1. The van der Waals surface area contributed by atoms with Gasteiger partial charge >= 0.3 is 0 Å². The summed E-state index contributed by atoms with van der Waals surface area (Å²) < 4.78 is 11.7. The van der Waals surface area contributed by atoms with Crippen molar-refractivity contribution in [2.75, 3.05) is 19.7 Å². The van der Waals surface area contributed by atoms with Crippen LogP contribution in [0.3, 0.4) is 0 Å². The molecule has 2 aromatic rings. The Kier molecular flexibility index (Phi) is 4.86. The molecule has 0 aliphatic carbocycles. The standard InChI is InChI=1S/C18H21NO3S/c1-3-10-19(18(20)17-9-8-13(2)23-17)11-14-12-21-15-6-4-5-7-16(15)22-14/h4-9,14H,3,10-12H2,1-2H3. The van der Waals surface area contributed by atoms with Crippen LogP contribution in [0.4, 0.5) is 0 Å². The second-order valence-corrected chi connectivity index (χ2v) is 6.95. The largest absolute Gasteiger partial charge is 0.486 e. The first-order chi connectivity index (χ1) is 11.2. The van der Waals surface area contributed by atoms with Crippen LogP contribution in [0.5, 0.6) is 11.5 Å². The number of rotatable bonds is 5. The van der Waals surface area contributed by atoms with Crippen molar-refractivity contribution in [3.05, 3.63) is 46.2 Å². The van der Waals surface area contributed by atoms with Crippen LogP contribution in [0, 0.1) is 6.92 Å². The molecular formula is C18H21NO3S. The highest BCUT2D eigenvalue weighted by Crippen LogP contribution is 2.31. The Morgan fingerprint density at radius 3 is 2.74 bits per heavy atom. The van der Waals surface area contributed by atoms with E-state index >= 15 is 0 Å². The van der Waals surface area contributed by atoms with E-state index in [1.54, 1.807) is 0 Å². The van der Waals surface area contributed by atoms with E-state index in [0.717, 1.165) is 34.2 Å². The fourth-order valence-electron chi connectivity index (χ4n) is 2.65. The van der Waals surface area contributed by atoms with E-state index < -0.39 is 0 Å². The Morgan fingerprint density at radius 2 is 2.04 bits per heavy atom. The first kappa shape index (κ1) is 15.9. The molecule has 3 rings (SSSR count). The number of carbonyl (C=O) groups is 1. The monoisotopic (exact) mass is 331 g/mol. The van der Waals surface area contributed by atoms with Gasteiger partial charge in [-0.05, 0) is 37.6 Å². The first-order valence-corrected chi connectivity index (χ1v) is 8.73. The summed E-state index contributed by atoms with van der Waals surface area (Å²) in [5.74, 6) is 1.60. The smallest absolute Gasteiger partial charge is 0.264 e. The summed E-state index contributed by atoms with van der Waals surface area (Å²) >= 11 is 1.54. The van der Waals surface area contributed by atoms with Gasteiger partial charge in [0, 0.05) is 11.4 Å². The zero-order chi connectivity index (χ0) is 16.2. The van der Waals surface area contributed by atoms with Gasteiger partial charge in [0.25, 0.3) is 5.91 Å². The number of benzene rings is 1. The second kappa shape index (κ2) is 7.04. The molecule has 0 saturated carbocycles. The lowest BCUT2D eigenvalue weighted by Gasteiger charge is -2.31. The number of hydrogen-bond acceptors (Lipinski definition) is 4. The van der Waals surface area contributed by atoms with Crippen LogP contribution in [0.25, 0.3) is 0 Å². The molecular weight excluding hydrogens is 310 g/mol. The van der Waals surface area contributed by atoms with Crippen molar-refractivity contribution in [2.24, 2.45) is 0 Å². The number of ether oxygens (including phenoxy) is 2. The van der Waals surface area contributed by atoms with Crippen molar-refractivity contribution in [1.82, 2.24) is 4.90 Å². The molecule has 0 saturated heterocycles. The van der Waals surface area contributed by atoms with Crippen molar-refractivity contribution < 1.29 is 14.3 Å². The van der Waals surface area contributed by atoms with E-state index in [9.17, 15) is 4.79 Å². The molecule has 2 heterocycles. The molecule has 0 spiro atoms. The minimum absolute atomic E-state index is 0.0763. The number of thiophene rings is 1. The van der Waals surface area contributed by atoms with E-state index in [4.69, 9.17) is 9.47 Å². The minimum atomic E-state index is -0.138. The minimum Gasteiger partial charge on any atom is -0.486 e. The average molecular weight is 331 g/mol. The fraction of sp³-hybridized carbons (Fsp3) is 0.389. The predicted octanol–water partition coefficient (Wildman–Crippen LogP) is 3.75. The summed E-state index contributed by atoms with van der Waals surface area (Å²) in [6.07, 6.45) is 0.779. The normalized spacial score (nSPS) is 16.2. The third kappa shape index (κ3) is 3.67. The van der Waals surface area contributed by atoms with Crippen LogP contribution in [0.15, 0.2) is 36.4 Å². The summed E-state index contributed by atoms with van der Waals surface area (Å²) in [5.41, 5.74) is 0. The Hall–Kier alpha value is -2.01. The highest BCUT2D eigenvalue weighted by atomic mass is 32.1. The molecule has 1 amide bonds. The molecule has 23 heavy (non-hydrogen) atoms. The highest BCUT2D eigenvalue weighted by molar-refractivity contribution is 7.13. The van der Waals surface area contributed by atoms with E-state index in [1.165, 1.54) is 11.3 Å². The van der Waals surface area contributed by atoms with Crippen molar-refractivity contribution >= 4 is 17.2 Å². The third-order valence-electron chi connectivity index (χ3n) is 3.72. The van der Waals surface area contributed by atoms with E-state index in [2.05, 4.69) is 6.92 Å². The molecule has 0 fully saturated rings. The highest BCUT2D eigenvalue weighted by Gasteiger charge is 2.26. The molecule has 4 nitrogen and oxygen atoms in total. The molecule has 1 aromatic carbocycles. The predicted molar refractivity (Wildman–Crippen MR) is 91.6 cm³/mol. The molecule has 1 atom stereocenters. The van der Waals surface area contributed by atoms with Crippen LogP contribution in [-0.4, -0.2) is 36.6 Å². The Labute approximate surface area is 140 Å². The van der Waals surface area contributed by atoms with Gasteiger partial charge in [-0.3, -0.25) is 4.79 Å². The van der Waals surface area contributed by atoms with Crippen molar-refractivity contribution in [1.29, 1.82) is 0 Å². The second-order valence-electron chi connectivity index (χ2n) is 5.66. The van der Waals surface area contributed by atoms with Gasteiger partial charge in [-0.1, -0.05) is 19.1 Å². The molecule has 1 aliphatic rings.